The van der Waals surface area contributed by atoms with E-state index in [4.69, 9.17) is 4.74 Å². The van der Waals surface area contributed by atoms with Crippen LogP contribution in [0.4, 0.5) is 5.82 Å². The maximum atomic E-state index is 12.9. The van der Waals surface area contributed by atoms with Crippen LogP contribution in [-0.4, -0.2) is 32.3 Å². The first-order valence-corrected chi connectivity index (χ1v) is 9.60. The number of carbonyl (C=O) groups is 1. The summed E-state index contributed by atoms with van der Waals surface area (Å²) < 4.78 is 9.11. The Morgan fingerprint density at radius 1 is 1.13 bits per heavy atom. The van der Waals surface area contributed by atoms with Gasteiger partial charge in [-0.3, -0.25) is 9.48 Å². The highest BCUT2D eigenvalue weighted by Gasteiger charge is 2.14. The summed E-state index contributed by atoms with van der Waals surface area (Å²) in [7, 11) is 3.43. The summed E-state index contributed by atoms with van der Waals surface area (Å²) in [4.78, 5) is 17.1. The first kappa shape index (κ1) is 19.4. The normalized spacial score (nSPS) is 10.8. The Morgan fingerprint density at radius 2 is 1.97 bits per heavy atom. The number of rotatable bonds is 6. The van der Waals surface area contributed by atoms with Crippen molar-refractivity contribution in [2.24, 2.45) is 7.05 Å². The van der Waals surface area contributed by atoms with Crippen LogP contribution in [0.3, 0.4) is 0 Å². The molecule has 4 rings (SSSR count). The molecule has 2 aromatic carbocycles. The van der Waals surface area contributed by atoms with Gasteiger partial charge in [-0.05, 0) is 36.8 Å². The molecule has 1 amide bonds. The van der Waals surface area contributed by atoms with Crippen LogP contribution in [0.25, 0.3) is 11.3 Å². The highest BCUT2D eigenvalue weighted by molar-refractivity contribution is 6.04. The van der Waals surface area contributed by atoms with Gasteiger partial charge in [0.1, 0.15) is 17.4 Å². The summed E-state index contributed by atoms with van der Waals surface area (Å²) in [5, 5.41) is 7.48. The van der Waals surface area contributed by atoms with E-state index in [9.17, 15) is 4.79 Å². The van der Waals surface area contributed by atoms with Crippen LogP contribution < -0.4 is 10.1 Å². The zero-order valence-corrected chi connectivity index (χ0v) is 17.2. The molecule has 0 saturated carbocycles. The van der Waals surface area contributed by atoms with Crippen LogP contribution in [0.2, 0.25) is 0 Å². The lowest BCUT2D eigenvalue weighted by Gasteiger charge is -2.08. The van der Waals surface area contributed by atoms with Crippen LogP contribution in [-0.2, 0) is 13.6 Å². The lowest BCUT2D eigenvalue weighted by molar-refractivity contribution is 0.102. The quantitative estimate of drug-likeness (QED) is 0.532. The monoisotopic (exact) mass is 401 g/mol. The van der Waals surface area contributed by atoms with Crippen molar-refractivity contribution < 1.29 is 9.53 Å². The molecule has 0 aliphatic heterocycles. The Morgan fingerprint density at radius 3 is 2.73 bits per heavy atom. The average Bonchev–Trinajstić information content (AvgIpc) is 3.33. The molecule has 4 aromatic rings. The van der Waals surface area contributed by atoms with E-state index in [0.29, 0.717) is 17.9 Å². The second kappa shape index (κ2) is 8.24. The molecule has 0 saturated heterocycles. The third-order valence-corrected chi connectivity index (χ3v) is 4.97. The molecule has 0 aliphatic carbocycles. The minimum Gasteiger partial charge on any atom is -0.496 e. The van der Waals surface area contributed by atoms with Gasteiger partial charge in [-0.15, -0.1) is 0 Å². The highest BCUT2D eigenvalue weighted by atomic mass is 16.5. The standard InChI is InChI=1S/C23H23N5O2/c1-16-24-11-12-28(16)15-17-7-6-8-18(13-17)23(29)25-22-14-20(26-27(22)2)19-9-4-5-10-21(19)30-3/h4-14H,15H2,1-3H3,(H,25,29). The summed E-state index contributed by atoms with van der Waals surface area (Å²) in [5.74, 6) is 2.09. The van der Waals surface area contributed by atoms with Gasteiger partial charge in [-0.1, -0.05) is 24.3 Å². The molecule has 2 heterocycles. The van der Waals surface area contributed by atoms with E-state index >= 15 is 0 Å². The molecular formula is C23H23N5O2. The molecule has 0 spiro atoms. The van der Waals surface area contributed by atoms with Crippen molar-refractivity contribution in [1.82, 2.24) is 19.3 Å². The van der Waals surface area contributed by atoms with Gasteiger partial charge in [-0.25, -0.2) is 4.98 Å². The number of para-hydroxylation sites is 1. The molecule has 0 aliphatic rings. The van der Waals surface area contributed by atoms with Gasteiger partial charge in [0.2, 0.25) is 0 Å². The van der Waals surface area contributed by atoms with Crippen molar-refractivity contribution in [2.45, 2.75) is 13.5 Å². The summed E-state index contributed by atoms with van der Waals surface area (Å²) in [6.07, 6.45) is 3.70. The number of imidazole rings is 1. The molecule has 0 atom stereocenters. The number of methoxy groups -OCH3 is 1. The van der Waals surface area contributed by atoms with E-state index in [0.717, 1.165) is 28.4 Å². The molecule has 7 heteroatoms. The summed E-state index contributed by atoms with van der Waals surface area (Å²) in [5.41, 5.74) is 3.22. The van der Waals surface area contributed by atoms with Crippen molar-refractivity contribution in [2.75, 3.05) is 12.4 Å². The van der Waals surface area contributed by atoms with Crippen LogP contribution >= 0.6 is 0 Å². The first-order valence-electron chi connectivity index (χ1n) is 9.60. The van der Waals surface area contributed by atoms with Crippen molar-refractivity contribution >= 4 is 11.7 Å². The van der Waals surface area contributed by atoms with Gasteiger partial charge < -0.3 is 14.6 Å². The van der Waals surface area contributed by atoms with E-state index in [1.807, 2.05) is 66.2 Å². The second-order valence-electron chi connectivity index (χ2n) is 7.00. The molecule has 0 unspecified atom stereocenters. The van der Waals surface area contributed by atoms with Gasteiger partial charge in [0.25, 0.3) is 5.91 Å². The molecule has 1 N–H and O–H groups in total. The van der Waals surface area contributed by atoms with Crippen molar-refractivity contribution in [3.05, 3.63) is 83.9 Å². The molecule has 0 bridgehead atoms. The zero-order chi connectivity index (χ0) is 21.1. The molecule has 0 fully saturated rings. The van der Waals surface area contributed by atoms with Crippen LogP contribution in [0.5, 0.6) is 5.75 Å². The smallest absolute Gasteiger partial charge is 0.256 e. The van der Waals surface area contributed by atoms with Crippen molar-refractivity contribution in [1.29, 1.82) is 0 Å². The molecule has 30 heavy (non-hydrogen) atoms. The van der Waals surface area contributed by atoms with Crippen LogP contribution in [0.15, 0.2) is 67.0 Å². The van der Waals surface area contributed by atoms with Gasteiger partial charge >= 0.3 is 0 Å². The van der Waals surface area contributed by atoms with Crippen molar-refractivity contribution in [3.8, 4) is 17.0 Å². The highest BCUT2D eigenvalue weighted by Crippen LogP contribution is 2.30. The number of hydrogen-bond acceptors (Lipinski definition) is 4. The van der Waals surface area contributed by atoms with E-state index in [-0.39, 0.29) is 5.91 Å². The lowest BCUT2D eigenvalue weighted by Crippen LogP contribution is -2.15. The molecule has 0 radical (unpaired) electrons. The lowest BCUT2D eigenvalue weighted by atomic mass is 10.1. The molecule has 152 valence electrons. The third kappa shape index (κ3) is 3.96. The predicted molar refractivity (Wildman–Crippen MR) is 116 cm³/mol. The number of aryl methyl sites for hydroxylation is 2. The Kier molecular flexibility index (Phi) is 5.34. The van der Waals surface area contributed by atoms with Crippen LogP contribution in [0.1, 0.15) is 21.7 Å². The first-order chi connectivity index (χ1) is 14.5. The topological polar surface area (TPSA) is 74.0 Å². The SMILES string of the molecule is COc1ccccc1-c1cc(NC(=O)c2cccc(Cn3ccnc3C)c2)n(C)n1. The van der Waals surface area contributed by atoms with E-state index in [1.165, 1.54) is 0 Å². The molecular weight excluding hydrogens is 378 g/mol. The van der Waals surface area contributed by atoms with Gasteiger partial charge in [0.15, 0.2) is 0 Å². The Labute approximate surface area is 174 Å². The minimum absolute atomic E-state index is 0.186. The van der Waals surface area contributed by atoms with Crippen molar-refractivity contribution in [3.63, 3.8) is 0 Å². The molecule has 7 nitrogen and oxygen atoms in total. The fraction of sp³-hybridized carbons (Fsp3) is 0.174. The number of aromatic nitrogens is 4. The summed E-state index contributed by atoms with van der Waals surface area (Å²) >= 11 is 0. The molecule has 2 aromatic heterocycles. The summed E-state index contributed by atoms with van der Waals surface area (Å²) in [6.45, 7) is 2.62. The number of nitrogens with zero attached hydrogens (tertiary/aromatic N) is 4. The Bertz CT molecular complexity index is 1190. The maximum absolute atomic E-state index is 12.9. The predicted octanol–water partition coefficient (Wildman–Crippen LogP) is 3.90. The largest absolute Gasteiger partial charge is 0.496 e. The average molecular weight is 401 g/mol. The Hall–Kier alpha value is -3.87. The second-order valence-corrected chi connectivity index (χ2v) is 7.00. The third-order valence-electron chi connectivity index (χ3n) is 4.97. The van der Waals surface area contributed by atoms with Gasteiger partial charge in [0, 0.05) is 43.2 Å². The minimum atomic E-state index is -0.186. The Balaban J connectivity index is 1.54. The fourth-order valence-electron chi connectivity index (χ4n) is 3.34. The number of hydrogen-bond donors (Lipinski definition) is 1. The number of benzene rings is 2. The van der Waals surface area contributed by atoms with E-state index in [1.54, 1.807) is 31.1 Å². The zero-order valence-electron chi connectivity index (χ0n) is 17.2. The van der Waals surface area contributed by atoms with Crippen LogP contribution in [0, 0.1) is 6.92 Å². The number of nitrogens with one attached hydrogen (secondary N) is 1. The maximum Gasteiger partial charge on any atom is 0.256 e. The number of amides is 1. The van der Waals surface area contributed by atoms with E-state index < -0.39 is 0 Å². The van der Waals surface area contributed by atoms with Gasteiger partial charge in [-0.2, -0.15) is 5.10 Å². The summed E-state index contributed by atoms with van der Waals surface area (Å²) in [6, 6.07) is 17.1. The number of anilines is 1. The van der Waals surface area contributed by atoms with E-state index in [2.05, 4.69) is 15.4 Å². The fourth-order valence-corrected chi connectivity index (χ4v) is 3.34. The van der Waals surface area contributed by atoms with Gasteiger partial charge in [0.05, 0.1) is 12.8 Å². The number of carbonyl (C=O) groups excluding carboxylic acids is 1. The number of ether oxygens (including phenoxy) is 1.